The second-order valence-electron chi connectivity index (χ2n) is 6.92. The fraction of sp³-hybridized carbons (Fsp3) is 0.882. The number of carbonyl (C=O) groups excluding carboxylic acids is 1. The van der Waals surface area contributed by atoms with Gasteiger partial charge in [0.15, 0.2) is 0 Å². The van der Waals surface area contributed by atoms with E-state index in [1.807, 2.05) is 11.9 Å². The summed E-state index contributed by atoms with van der Waals surface area (Å²) in [6.45, 7) is 2.25. The van der Waals surface area contributed by atoms with Crippen LogP contribution in [0, 0.1) is 17.8 Å². The highest BCUT2D eigenvalue weighted by Crippen LogP contribution is 2.33. The smallest absolute Gasteiger partial charge is 0.306 e. The first-order valence-corrected chi connectivity index (χ1v) is 8.52. The first kappa shape index (κ1) is 16.3. The van der Waals surface area contributed by atoms with Gasteiger partial charge in [-0.3, -0.25) is 9.59 Å². The van der Waals surface area contributed by atoms with Crippen LogP contribution in [0.25, 0.3) is 0 Å². The van der Waals surface area contributed by atoms with Crippen LogP contribution < -0.4 is 0 Å². The molecular weight excluding hydrogens is 266 g/mol. The number of rotatable bonds is 4. The molecule has 0 aromatic rings. The van der Waals surface area contributed by atoms with Crippen molar-refractivity contribution in [3.8, 4) is 0 Å². The fourth-order valence-electron chi connectivity index (χ4n) is 4.00. The minimum absolute atomic E-state index is 0.0505. The molecule has 1 N–H and O–H groups in total. The molecule has 2 rings (SSSR count). The second kappa shape index (κ2) is 7.28. The number of carbonyl (C=O) groups is 2. The van der Waals surface area contributed by atoms with Crippen molar-refractivity contribution in [3.05, 3.63) is 0 Å². The molecule has 0 aliphatic heterocycles. The summed E-state index contributed by atoms with van der Waals surface area (Å²) in [6.07, 6.45) is 8.79. The number of aliphatic carboxylic acids is 1. The Labute approximate surface area is 127 Å². The van der Waals surface area contributed by atoms with Gasteiger partial charge in [-0.2, -0.15) is 0 Å². The van der Waals surface area contributed by atoms with Crippen LogP contribution in [0.5, 0.6) is 0 Å². The van der Waals surface area contributed by atoms with Crippen LogP contribution in [0.1, 0.15) is 64.7 Å². The highest BCUT2D eigenvalue weighted by atomic mass is 16.4. The molecule has 0 aromatic carbocycles. The minimum Gasteiger partial charge on any atom is -0.481 e. The average Bonchev–Trinajstić information content (AvgIpc) is 2.53. The van der Waals surface area contributed by atoms with Crippen LogP contribution in [0.15, 0.2) is 0 Å². The predicted octanol–water partition coefficient (Wildman–Crippen LogP) is 3.30. The maximum absolute atomic E-state index is 12.6. The van der Waals surface area contributed by atoms with Gasteiger partial charge in [0.1, 0.15) is 0 Å². The van der Waals surface area contributed by atoms with E-state index in [9.17, 15) is 9.59 Å². The first-order chi connectivity index (χ1) is 10.0. The van der Waals surface area contributed by atoms with E-state index in [4.69, 9.17) is 5.11 Å². The summed E-state index contributed by atoms with van der Waals surface area (Å²) < 4.78 is 0. The zero-order valence-corrected chi connectivity index (χ0v) is 13.4. The summed E-state index contributed by atoms with van der Waals surface area (Å²) in [5.74, 6) is 0.204. The second-order valence-corrected chi connectivity index (χ2v) is 6.92. The van der Waals surface area contributed by atoms with E-state index in [-0.39, 0.29) is 17.7 Å². The number of nitrogens with zero attached hydrogens (tertiary/aromatic N) is 1. The molecule has 21 heavy (non-hydrogen) atoms. The monoisotopic (exact) mass is 295 g/mol. The van der Waals surface area contributed by atoms with E-state index in [0.29, 0.717) is 18.9 Å². The van der Waals surface area contributed by atoms with E-state index in [1.165, 1.54) is 19.3 Å². The third-order valence-electron chi connectivity index (χ3n) is 5.71. The van der Waals surface area contributed by atoms with Crippen molar-refractivity contribution in [1.82, 2.24) is 4.90 Å². The van der Waals surface area contributed by atoms with Gasteiger partial charge >= 0.3 is 5.97 Å². The van der Waals surface area contributed by atoms with Crippen molar-refractivity contribution >= 4 is 11.9 Å². The molecule has 0 atom stereocenters. The summed E-state index contributed by atoms with van der Waals surface area (Å²) in [7, 11) is 1.95. The Morgan fingerprint density at radius 3 is 1.95 bits per heavy atom. The molecule has 0 unspecified atom stereocenters. The van der Waals surface area contributed by atoms with Crippen molar-refractivity contribution in [1.29, 1.82) is 0 Å². The minimum atomic E-state index is -0.702. The molecule has 2 aliphatic carbocycles. The molecule has 120 valence electrons. The van der Waals surface area contributed by atoms with Crippen molar-refractivity contribution in [2.24, 2.45) is 17.8 Å². The van der Waals surface area contributed by atoms with Crippen molar-refractivity contribution in [3.63, 3.8) is 0 Å². The Morgan fingerprint density at radius 2 is 1.48 bits per heavy atom. The van der Waals surface area contributed by atoms with E-state index >= 15 is 0 Å². The van der Waals surface area contributed by atoms with E-state index in [0.717, 1.165) is 31.6 Å². The fourth-order valence-corrected chi connectivity index (χ4v) is 4.00. The standard InChI is InChI=1S/C17H29NO3/c1-3-12-4-10-15(11-5-12)18(2)16(19)13-6-8-14(9-7-13)17(20)21/h12-15H,3-11H2,1-2H3,(H,20,21). The normalized spacial score (nSPS) is 33.4. The largest absolute Gasteiger partial charge is 0.481 e. The SMILES string of the molecule is CCC1CCC(N(C)C(=O)C2CCC(C(=O)O)CC2)CC1. The molecule has 0 aromatic heterocycles. The first-order valence-electron chi connectivity index (χ1n) is 8.52. The van der Waals surface area contributed by atoms with Gasteiger partial charge in [-0.15, -0.1) is 0 Å². The van der Waals surface area contributed by atoms with Gasteiger partial charge in [0.25, 0.3) is 0 Å². The van der Waals surface area contributed by atoms with Crippen molar-refractivity contribution in [2.75, 3.05) is 7.05 Å². The number of carboxylic acid groups (broad SMARTS) is 1. The molecule has 0 radical (unpaired) electrons. The van der Waals surface area contributed by atoms with Crippen LogP contribution in [0.2, 0.25) is 0 Å². The van der Waals surface area contributed by atoms with Crippen molar-refractivity contribution < 1.29 is 14.7 Å². The van der Waals surface area contributed by atoms with Gasteiger partial charge < -0.3 is 10.0 Å². The lowest BCUT2D eigenvalue weighted by Crippen LogP contribution is -2.43. The maximum Gasteiger partial charge on any atom is 0.306 e. The molecular formula is C17H29NO3. The maximum atomic E-state index is 12.6. The molecule has 0 bridgehead atoms. The van der Waals surface area contributed by atoms with Gasteiger partial charge in [0, 0.05) is 19.0 Å². The third-order valence-corrected chi connectivity index (χ3v) is 5.71. The van der Waals surface area contributed by atoms with Crippen LogP contribution in [-0.4, -0.2) is 35.0 Å². The van der Waals surface area contributed by atoms with E-state index in [1.54, 1.807) is 0 Å². The zero-order valence-electron chi connectivity index (χ0n) is 13.4. The van der Waals surface area contributed by atoms with Crippen molar-refractivity contribution in [2.45, 2.75) is 70.8 Å². The molecule has 0 heterocycles. The number of hydrogen-bond acceptors (Lipinski definition) is 2. The highest BCUT2D eigenvalue weighted by molar-refractivity contribution is 5.79. The zero-order chi connectivity index (χ0) is 15.4. The number of carboxylic acids is 1. The Morgan fingerprint density at radius 1 is 0.952 bits per heavy atom. The quantitative estimate of drug-likeness (QED) is 0.865. The molecule has 2 aliphatic rings. The Balaban J connectivity index is 1.82. The third kappa shape index (κ3) is 3.98. The Kier molecular flexibility index (Phi) is 5.65. The van der Waals surface area contributed by atoms with E-state index < -0.39 is 5.97 Å². The van der Waals surface area contributed by atoms with Gasteiger partial charge in [-0.25, -0.2) is 0 Å². The molecule has 2 saturated carbocycles. The Hall–Kier alpha value is -1.06. The van der Waals surface area contributed by atoms with Crippen LogP contribution >= 0.6 is 0 Å². The summed E-state index contributed by atoms with van der Waals surface area (Å²) >= 11 is 0. The van der Waals surface area contributed by atoms with Gasteiger partial charge in [0.05, 0.1) is 5.92 Å². The lowest BCUT2D eigenvalue weighted by atomic mass is 9.80. The molecule has 2 fully saturated rings. The van der Waals surface area contributed by atoms with Gasteiger partial charge in [-0.1, -0.05) is 13.3 Å². The molecule has 0 saturated heterocycles. The lowest BCUT2D eigenvalue weighted by Gasteiger charge is -2.37. The average molecular weight is 295 g/mol. The van der Waals surface area contributed by atoms with Crippen LogP contribution in [0.3, 0.4) is 0 Å². The summed E-state index contributed by atoms with van der Waals surface area (Å²) in [5, 5.41) is 9.03. The lowest BCUT2D eigenvalue weighted by molar-refractivity contribution is -0.146. The summed E-state index contributed by atoms with van der Waals surface area (Å²) in [5.41, 5.74) is 0. The van der Waals surface area contributed by atoms with Crippen LogP contribution in [-0.2, 0) is 9.59 Å². The molecule has 0 spiro atoms. The molecule has 4 heteroatoms. The molecule has 4 nitrogen and oxygen atoms in total. The number of amides is 1. The summed E-state index contributed by atoms with van der Waals surface area (Å²) in [4.78, 5) is 25.5. The van der Waals surface area contributed by atoms with Gasteiger partial charge in [0.2, 0.25) is 5.91 Å². The Bertz CT molecular complexity index is 366. The predicted molar refractivity (Wildman–Crippen MR) is 81.9 cm³/mol. The van der Waals surface area contributed by atoms with E-state index in [2.05, 4.69) is 6.92 Å². The highest BCUT2D eigenvalue weighted by Gasteiger charge is 2.33. The van der Waals surface area contributed by atoms with Gasteiger partial charge in [-0.05, 0) is 57.3 Å². The summed E-state index contributed by atoms with van der Waals surface area (Å²) in [6, 6.07) is 0.400. The number of hydrogen-bond donors (Lipinski definition) is 1. The topological polar surface area (TPSA) is 57.6 Å². The molecule has 1 amide bonds. The van der Waals surface area contributed by atoms with Crippen LogP contribution in [0.4, 0.5) is 0 Å².